The van der Waals surface area contributed by atoms with Crippen molar-refractivity contribution in [2.45, 2.75) is 6.42 Å². The van der Waals surface area contributed by atoms with Crippen LogP contribution in [-0.2, 0) is 4.79 Å². The van der Waals surface area contributed by atoms with E-state index in [1.54, 1.807) is 6.20 Å². The lowest BCUT2D eigenvalue weighted by Gasteiger charge is -2.11. The molecule has 1 amide bonds. The molecule has 0 fully saturated rings. The molecule has 1 rings (SSSR count). The highest BCUT2D eigenvalue weighted by Gasteiger charge is 2.02. The molecule has 0 atom stereocenters. The summed E-state index contributed by atoms with van der Waals surface area (Å²) in [4.78, 5) is 17.3. The predicted molar refractivity (Wildman–Crippen MR) is 62.5 cm³/mol. The maximum atomic E-state index is 11.2. The summed E-state index contributed by atoms with van der Waals surface area (Å²) >= 11 is 5.45. The molecule has 0 saturated carbocycles. The van der Waals surface area contributed by atoms with Crippen molar-refractivity contribution in [3.8, 4) is 0 Å². The Labute approximate surface area is 94.3 Å². The zero-order valence-electron chi connectivity index (χ0n) is 8.83. The van der Waals surface area contributed by atoms with Gasteiger partial charge in [-0.3, -0.25) is 4.79 Å². The van der Waals surface area contributed by atoms with Crippen LogP contribution in [0, 0.1) is 0 Å². The van der Waals surface area contributed by atoms with E-state index in [2.05, 4.69) is 10.3 Å². The Hall–Kier alpha value is -1.29. The van der Waals surface area contributed by atoms with Gasteiger partial charge in [-0.1, -0.05) is 0 Å². The molecule has 0 aliphatic carbocycles. The van der Waals surface area contributed by atoms with E-state index in [1.165, 1.54) is 0 Å². The second-order valence-corrected chi connectivity index (χ2v) is 3.66. The number of carbonyl (C=O) groups is 1. The molecule has 1 aromatic heterocycles. The van der Waals surface area contributed by atoms with Gasteiger partial charge >= 0.3 is 0 Å². The van der Waals surface area contributed by atoms with Crippen LogP contribution in [0.4, 0.5) is 11.5 Å². The van der Waals surface area contributed by atoms with Gasteiger partial charge in [0, 0.05) is 26.4 Å². The second-order valence-electron chi connectivity index (χ2n) is 3.29. The Morgan fingerprint density at radius 2 is 2.27 bits per heavy atom. The van der Waals surface area contributed by atoms with E-state index in [0.717, 1.165) is 5.82 Å². The molecule has 4 nitrogen and oxygen atoms in total. The number of pyridine rings is 1. The van der Waals surface area contributed by atoms with Crippen LogP contribution < -0.4 is 10.2 Å². The summed E-state index contributed by atoms with van der Waals surface area (Å²) < 4.78 is 0. The monoisotopic (exact) mass is 227 g/mol. The molecule has 0 spiro atoms. The van der Waals surface area contributed by atoms with E-state index in [1.807, 2.05) is 31.1 Å². The topological polar surface area (TPSA) is 45.2 Å². The number of nitrogens with one attached hydrogen (secondary N) is 1. The van der Waals surface area contributed by atoms with Crippen molar-refractivity contribution in [3.05, 3.63) is 18.3 Å². The molecular weight excluding hydrogens is 214 g/mol. The van der Waals surface area contributed by atoms with Crippen molar-refractivity contribution < 1.29 is 4.79 Å². The van der Waals surface area contributed by atoms with E-state index in [4.69, 9.17) is 11.6 Å². The summed E-state index contributed by atoms with van der Waals surface area (Å²) in [6.07, 6.45) is 1.94. The fourth-order valence-corrected chi connectivity index (χ4v) is 1.21. The van der Waals surface area contributed by atoms with Gasteiger partial charge in [-0.2, -0.15) is 0 Å². The molecule has 5 heteroatoms. The van der Waals surface area contributed by atoms with E-state index >= 15 is 0 Å². The number of nitrogens with zero attached hydrogens (tertiary/aromatic N) is 2. The Bertz CT molecular complexity index is 324. The lowest BCUT2D eigenvalue weighted by atomic mass is 10.3. The molecule has 82 valence electrons. The van der Waals surface area contributed by atoms with Crippen molar-refractivity contribution >= 4 is 29.0 Å². The third-order valence-electron chi connectivity index (χ3n) is 1.81. The molecular formula is C10H14ClN3O. The molecule has 0 aromatic carbocycles. The van der Waals surface area contributed by atoms with E-state index in [9.17, 15) is 4.79 Å². The van der Waals surface area contributed by atoms with Crippen LogP contribution in [-0.4, -0.2) is 30.9 Å². The van der Waals surface area contributed by atoms with Gasteiger partial charge in [0.1, 0.15) is 5.82 Å². The Kier molecular flexibility index (Phi) is 4.37. The number of hydrogen-bond acceptors (Lipinski definition) is 3. The number of alkyl halides is 1. The normalized spacial score (nSPS) is 9.80. The van der Waals surface area contributed by atoms with Gasteiger partial charge in [-0.25, -0.2) is 4.98 Å². The van der Waals surface area contributed by atoms with Crippen LogP contribution in [0.2, 0.25) is 0 Å². The van der Waals surface area contributed by atoms with Gasteiger partial charge < -0.3 is 10.2 Å². The number of aromatic nitrogens is 1. The smallest absolute Gasteiger partial charge is 0.225 e. The lowest BCUT2D eigenvalue weighted by Crippen LogP contribution is -2.13. The van der Waals surface area contributed by atoms with Crippen LogP contribution in [0.1, 0.15) is 6.42 Å². The Balaban J connectivity index is 2.60. The van der Waals surface area contributed by atoms with Gasteiger partial charge in [-0.15, -0.1) is 11.6 Å². The maximum Gasteiger partial charge on any atom is 0.225 e. The third-order valence-corrected chi connectivity index (χ3v) is 2.00. The number of amides is 1. The average Bonchev–Trinajstić information content (AvgIpc) is 2.18. The van der Waals surface area contributed by atoms with Crippen molar-refractivity contribution in [2.75, 3.05) is 30.2 Å². The fourth-order valence-electron chi connectivity index (χ4n) is 1.03. The van der Waals surface area contributed by atoms with Crippen LogP contribution in [0.15, 0.2) is 18.3 Å². The molecule has 0 aliphatic heterocycles. The highest BCUT2D eigenvalue weighted by Crippen LogP contribution is 2.11. The first-order chi connectivity index (χ1) is 7.13. The van der Waals surface area contributed by atoms with Crippen molar-refractivity contribution in [3.63, 3.8) is 0 Å². The highest BCUT2D eigenvalue weighted by atomic mass is 35.5. The predicted octanol–water partition coefficient (Wildman–Crippen LogP) is 1.71. The zero-order valence-corrected chi connectivity index (χ0v) is 9.58. The SMILES string of the molecule is CN(C)c1ccc(NC(=O)CCCl)cn1. The van der Waals surface area contributed by atoms with Gasteiger partial charge in [0.15, 0.2) is 0 Å². The number of anilines is 2. The summed E-state index contributed by atoms with van der Waals surface area (Å²) in [6.45, 7) is 0. The highest BCUT2D eigenvalue weighted by molar-refractivity contribution is 6.19. The average molecular weight is 228 g/mol. The number of rotatable bonds is 4. The van der Waals surface area contributed by atoms with Gasteiger partial charge in [0.25, 0.3) is 0 Å². The van der Waals surface area contributed by atoms with Crippen LogP contribution >= 0.6 is 11.6 Å². The summed E-state index contributed by atoms with van der Waals surface area (Å²) in [6, 6.07) is 3.66. The van der Waals surface area contributed by atoms with Crippen molar-refractivity contribution in [1.82, 2.24) is 4.98 Å². The first-order valence-corrected chi connectivity index (χ1v) is 5.16. The molecule has 0 saturated heterocycles. The van der Waals surface area contributed by atoms with Gasteiger partial charge in [0.05, 0.1) is 11.9 Å². The first kappa shape index (κ1) is 11.8. The maximum absolute atomic E-state index is 11.2. The van der Waals surface area contributed by atoms with Crippen LogP contribution in [0.3, 0.4) is 0 Å². The fraction of sp³-hybridized carbons (Fsp3) is 0.400. The van der Waals surface area contributed by atoms with E-state index in [0.29, 0.717) is 18.0 Å². The van der Waals surface area contributed by atoms with Crippen LogP contribution in [0.5, 0.6) is 0 Å². The summed E-state index contributed by atoms with van der Waals surface area (Å²) in [7, 11) is 3.82. The minimum absolute atomic E-state index is 0.0931. The van der Waals surface area contributed by atoms with Gasteiger partial charge in [0.2, 0.25) is 5.91 Å². The van der Waals surface area contributed by atoms with Crippen molar-refractivity contribution in [1.29, 1.82) is 0 Å². The lowest BCUT2D eigenvalue weighted by molar-refractivity contribution is -0.115. The number of halogens is 1. The number of carbonyl (C=O) groups excluding carboxylic acids is 1. The molecule has 1 N–H and O–H groups in total. The molecule has 0 aliphatic rings. The third kappa shape index (κ3) is 3.75. The molecule has 15 heavy (non-hydrogen) atoms. The van der Waals surface area contributed by atoms with Crippen molar-refractivity contribution in [2.24, 2.45) is 0 Å². The summed E-state index contributed by atoms with van der Waals surface area (Å²) in [5.74, 6) is 1.09. The second kappa shape index (κ2) is 5.56. The number of hydrogen-bond donors (Lipinski definition) is 1. The van der Waals surface area contributed by atoms with Crippen LogP contribution in [0.25, 0.3) is 0 Å². The zero-order chi connectivity index (χ0) is 11.3. The molecule has 1 aromatic rings. The Morgan fingerprint density at radius 3 is 2.73 bits per heavy atom. The minimum Gasteiger partial charge on any atom is -0.363 e. The van der Waals surface area contributed by atoms with E-state index < -0.39 is 0 Å². The first-order valence-electron chi connectivity index (χ1n) is 4.62. The van der Waals surface area contributed by atoms with Gasteiger partial charge in [-0.05, 0) is 12.1 Å². The minimum atomic E-state index is -0.0931. The quantitative estimate of drug-likeness (QED) is 0.797. The molecule has 1 heterocycles. The summed E-state index contributed by atoms with van der Waals surface area (Å²) in [5.41, 5.74) is 0.690. The Morgan fingerprint density at radius 1 is 1.53 bits per heavy atom. The molecule has 0 bridgehead atoms. The summed E-state index contributed by atoms with van der Waals surface area (Å²) in [5, 5.41) is 2.70. The molecule has 0 radical (unpaired) electrons. The van der Waals surface area contributed by atoms with E-state index in [-0.39, 0.29) is 5.91 Å². The standard InChI is InChI=1S/C10H14ClN3O/c1-14(2)9-4-3-8(7-12-9)13-10(15)5-6-11/h3-4,7H,5-6H2,1-2H3,(H,13,15). The molecule has 0 unspecified atom stereocenters. The largest absolute Gasteiger partial charge is 0.363 e.